The van der Waals surface area contributed by atoms with E-state index in [1.54, 1.807) is 125 Å². The maximum atomic E-state index is 13.4. The lowest BCUT2D eigenvalue weighted by Gasteiger charge is -2.43. The Morgan fingerprint density at radius 1 is 0.379 bits per heavy atom. The molecule has 16 heteroatoms. The second-order valence-electron chi connectivity index (χ2n) is 21.0. The summed E-state index contributed by atoms with van der Waals surface area (Å²) < 4.78 is 48.2. The zero-order chi connectivity index (χ0) is 45.0. The summed E-state index contributed by atoms with van der Waals surface area (Å²) in [6.07, 6.45) is -6.82. The van der Waals surface area contributed by atoms with E-state index in [0.29, 0.717) is 11.5 Å². The lowest BCUT2D eigenvalue weighted by atomic mass is 9.95. The molecular formula is C42H70O14S2. The highest BCUT2D eigenvalue weighted by molar-refractivity contribution is 8.03. The average Bonchev–Trinajstić information content (AvgIpc) is 3.04. The van der Waals surface area contributed by atoms with E-state index in [0.717, 1.165) is 0 Å². The first-order valence-electron chi connectivity index (χ1n) is 19.8. The summed E-state index contributed by atoms with van der Waals surface area (Å²) in [7, 11) is 0. The standard InChI is InChI=1S/C42H70O14S2/c1-37(2,3)31(43)51-23-21-49-29(27(55-35(47)41(13,14)15)25(23)53-33(45)39(7,8)9)57-19-20-58-30-28(56-36(48)42(16,17)18)26(54-34(46)40(10,11)12)24(22-50-30)52-32(44)38(4,5)6/h23-30H,19-22H2,1-18H3/t23-,24-,25-,26-,27+,28+,29-,30-/m1/s1. The largest absolute Gasteiger partial charge is 0.455 e. The first kappa shape index (κ1) is 51.6. The fraction of sp³-hybridized carbons (Fsp3) is 0.857. The van der Waals surface area contributed by atoms with Crippen molar-refractivity contribution < 1.29 is 66.7 Å². The molecule has 2 aliphatic rings. The Bertz CT molecular complexity index is 1360. The second kappa shape index (κ2) is 19.4. The van der Waals surface area contributed by atoms with E-state index >= 15 is 0 Å². The van der Waals surface area contributed by atoms with Gasteiger partial charge in [-0.25, -0.2) is 0 Å². The van der Waals surface area contributed by atoms with E-state index in [1.807, 2.05) is 0 Å². The van der Waals surface area contributed by atoms with Crippen molar-refractivity contribution in [2.45, 2.75) is 172 Å². The quantitative estimate of drug-likeness (QED) is 0.119. The Balaban J connectivity index is 2.45. The zero-order valence-corrected chi connectivity index (χ0v) is 39.6. The van der Waals surface area contributed by atoms with Gasteiger partial charge in [0, 0.05) is 11.5 Å². The Labute approximate surface area is 354 Å². The molecule has 0 aromatic heterocycles. The maximum Gasteiger partial charge on any atom is 0.311 e. The minimum absolute atomic E-state index is 0.135. The van der Waals surface area contributed by atoms with Crippen LogP contribution in [-0.4, -0.2) is 108 Å². The molecule has 0 unspecified atom stereocenters. The van der Waals surface area contributed by atoms with E-state index in [1.165, 1.54) is 23.5 Å². The van der Waals surface area contributed by atoms with Crippen LogP contribution in [0.4, 0.5) is 0 Å². The molecule has 0 bridgehead atoms. The van der Waals surface area contributed by atoms with Crippen LogP contribution < -0.4 is 0 Å². The zero-order valence-electron chi connectivity index (χ0n) is 38.0. The highest BCUT2D eigenvalue weighted by atomic mass is 32.2. The number of hydrogen-bond donors (Lipinski definition) is 0. The fourth-order valence-corrected chi connectivity index (χ4v) is 7.05. The van der Waals surface area contributed by atoms with Gasteiger partial charge in [0.2, 0.25) is 0 Å². The van der Waals surface area contributed by atoms with Crippen molar-refractivity contribution in [1.29, 1.82) is 0 Å². The van der Waals surface area contributed by atoms with Gasteiger partial charge in [-0.15, -0.1) is 23.5 Å². The number of hydrogen-bond acceptors (Lipinski definition) is 16. The number of carbonyl (C=O) groups is 6. The smallest absolute Gasteiger partial charge is 0.311 e. The predicted molar refractivity (Wildman–Crippen MR) is 220 cm³/mol. The van der Waals surface area contributed by atoms with Crippen LogP contribution in [0, 0.1) is 32.5 Å². The molecule has 0 radical (unpaired) electrons. The molecule has 2 aliphatic heterocycles. The molecule has 0 saturated carbocycles. The van der Waals surface area contributed by atoms with Crippen molar-refractivity contribution in [1.82, 2.24) is 0 Å². The lowest BCUT2D eigenvalue weighted by molar-refractivity contribution is -0.224. The van der Waals surface area contributed by atoms with Gasteiger partial charge < -0.3 is 37.9 Å². The normalized spacial score (nSPS) is 26.2. The van der Waals surface area contributed by atoms with Crippen LogP contribution in [0.2, 0.25) is 0 Å². The van der Waals surface area contributed by atoms with Gasteiger partial charge in [0.05, 0.1) is 45.7 Å². The summed E-state index contributed by atoms with van der Waals surface area (Å²) in [5.41, 5.74) is -7.16. The van der Waals surface area contributed by atoms with E-state index in [9.17, 15) is 28.8 Å². The molecule has 2 heterocycles. The third kappa shape index (κ3) is 15.2. The van der Waals surface area contributed by atoms with Gasteiger partial charge in [-0.2, -0.15) is 0 Å². The Hall–Kier alpha value is -2.56. The molecule has 0 N–H and O–H groups in total. The predicted octanol–water partition coefficient (Wildman–Crippen LogP) is 6.91. The molecule has 0 aromatic rings. The van der Waals surface area contributed by atoms with Gasteiger partial charge in [0.25, 0.3) is 0 Å². The van der Waals surface area contributed by atoms with Crippen molar-refractivity contribution >= 4 is 59.3 Å². The van der Waals surface area contributed by atoms with E-state index in [4.69, 9.17) is 37.9 Å². The molecule has 2 fully saturated rings. The van der Waals surface area contributed by atoms with Gasteiger partial charge in [0.15, 0.2) is 36.6 Å². The van der Waals surface area contributed by atoms with Crippen LogP contribution in [0.25, 0.3) is 0 Å². The van der Waals surface area contributed by atoms with E-state index in [-0.39, 0.29) is 13.2 Å². The molecule has 58 heavy (non-hydrogen) atoms. The molecule has 14 nitrogen and oxygen atoms in total. The molecule has 0 spiro atoms. The van der Waals surface area contributed by atoms with Gasteiger partial charge in [0.1, 0.15) is 10.9 Å². The lowest BCUT2D eigenvalue weighted by Crippen LogP contribution is -2.58. The Morgan fingerprint density at radius 2 is 0.586 bits per heavy atom. The average molecular weight is 863 g/mol. The molecule has 2 saturated heterocycles. The summed E-state index contributed by atoms with van der Waals surface area (Å²) >= 11 is 2.57. The molecule has 0 aliphatic carbocycles. The fourth-order valence-electron chi connectivity index (χ4n) is 4.67. The summed E-state index contributed by atoms with van der Waals surface area (Å²) in [6, 6.07) is 0. The van der Waals surface area contributed by atoms with Gasteiger partial charge in [-0.05, 0) is 125 Å². The SMILES string of the molecule is CC(C)(C)C(=O)O[C@H]1[C@H](OC(=O)C(C)(C)C)[C@H](OC(=O)C(C)(C)C)CO[C@@H]1SCCS[C@H]1OC[C@@H](OC(=O)C(C)(C)C)[C@@H](OC(=O)C(C)(C)C)[C@@H]1OC(=O)C(C)(C)C. The van der Waals surface area contributed by atoms with Crippen LogP contribution in [0.15, 0.2) is 0 Å². The maximum absolute atomic E-state index is 13.4. The summed E-state index contributed by atoms with van der Waals surface area (Å²) in [6.45, 7) is 30.2. The molecule has 0 aromatic carbocycles. The number of carbonyl (C=O) groups excluding carboxylic acids is 6. The molecular weight excluding hydrogens is 793 g/mol. The van der Waals surface area contributed by atoms with Gasteiger partial charge in [-0.1, -0.05) is 0 Å². The van der Waals surface area contributed by atoms with Crippen LogP contribution in [0.5, 0.6) is 0 Å². The van der Waals surface area contributed by atoms with Crippen LogP contribution in [0.3, 0.4) is 0 Å². The summed E-state index contributed by atoms with van der Waals surface area (Å²) in [4.78, 5) is 79.5. The third-order valence-corrected chi connectivity index (χ3v) is 11.2. The third-order valence-electron chi connectivity index (χ3n) is 8.58. The summed E-state index contributed by atoms with van der Waals surface area (Å²) in [5, 5.41) is 0. The number of thioether (sulfide) groups is 2. The Morgan fingerprint density at radius 3 is 0.810 bits per heavy atom. The van der Waals surface area contributed by atoms with Crippen LogP contribution in [-0.2, 0) is 66.7 Å². The van der Waals surface area contributed by atoms with Crippen LogP contribution in [0.1, 0.15) is 125 Å². The molecule has 0 amide bonds. The van der Waals surface area contributed by atoms with Crippen molar-refractivity contribution in [2.75, 3.05) is 24.7 Å². The highest BCUT2D eigenvalue weighted by Gasteiger charge is 2.52. The van der Waals surface area contributed by atoms with Crippen molar-refractivity contribution in [3.63, 3.8) is 0 Å². The number of rotatable bonds is 11. The first-order valence-corrected chi connectivity index (χ1v) is 21.9. The number of ether oxygens (including phenoxy) is 8. The van der Waals surface area contributed by atoms with Gasteiger partial charge in [-0.3, -0.25) is 28.8 Å². The highest BCUT2D eigenvalue weighted by Crippen LogP contribution is 2.38. The molecule has 334 valence electrons. The Kier molecular flexibility index (Phi) is 17.3. The van der Waals surface area contributed by atoms with Gasteiger partial charge >= 0.3 is 35.8 Å². The summed E-state index contributed by atoms with van der Waals surface area (Å²) in [5.74, 6) is -2.67. The van der Waals surface area contributed by atoms with Crippen molar-refractivity contribution in [2.24, 2.45) is 32.5 Å². The van der Waals surface area contributed by atoms with Crippen LogP contribution >= 0.6 is 23.5 Å². The minimum Gasteiger partial charge on any atom is -0.455 e. The van der Waals surface area contributed by atoms with E-state index < -0.39 is 116 Å². The van der Waals surface area contributed by atoms with Crippen molar-refractivity contribution in [3.8, 4) is 0 Å². The van der Waals surface area contributed by atoms with Crippen molar-refractivity contribution in [3.05, 3.63) is 0 Å². The number of esters is 6. The van der Waals surface area contributed by atoms with E-state index in [2.05, 4.69) is 0 Å². The molecule has 8 atom stereocenters. The first-order chi connectivity index (χ1) is 26.0. The molecule has 2 rings (SSSR count). The minimum atomic E-state index is -1.18. The topological polar surface area (TPSA) is 176 Å². The second-order valence-corrected chi connectivity index (χ2v) is 23.4. The monoisotopic (exact) mass is 862 g/mol.